The molecule has 0 unspecified atom stereocenters. The summed E-state index contributed by atoms with van der Waals surface area (Å²) in [5.74, 6) is -0.762. The standard InChI is InChI=1S/C17H17F2NO2/c1-20(11-13-6-7-14(18)10-16(13)19)17(21)9-12-4-3-5-15(8-12)22-2/h3-8,10H,9,11H2,1-2H3. The molecule has 0 saturated heterocycles. The molecule has 0 saturated carbocycles. The van der Waals surface area contributed by atoms with E-state index >= 15 is 0 Å². The summed E-state index contributed by atoms with van der Waals surface area (Å²) in [6, 6.07) is 10.6. The van der Waals surface area contributed by atoms with Crippen molar-refractivity contribution in [1.29, 1.82) is 0 Å². The lowest BCUT2D eigenvalue weighted by molar-refractivity contribution is -0.129. The molecule has 0 radical (unpaired) electrons. The number of hydrogen-bond donors (Lipinski definition) is 0. The second-order valence-electron chi connectivity index (χ2n) is 5.01. The Hall–Kier alpha value is -2.43. The SMILES string of the molecule is COc1cccc(CC(=O)N(C)Cc2ccc(F)cc2F)c1. The first-order chi connectivity index (χ1) is 10.5. The van der Waals surface area contributed by atoms with Gasteiger partial charge < -0.3 is 9.64 Å². The van der Waals surface area contributed by atoms with Crippen molar-refractivity contribution >= 4 is 5.91 Å². The van der Waals surface area contributed by atoms with Crippen molar-refractivity contribution in [3.63, 3.8) is 0 Å². The lowest BCUT2D eigenvalue weighted by Gasteiger charge is -2.18. The van der Waals surface area contributed by atoms with E-state index in [-0.39, 0.29) is 24.4 Å². The van der Waals surface area contributed by atoms with Gasteiger partial charge in [-0.15, -0.1) is 0 Å². The number of halogens is 2. The minimum atomic E-state index is -0.652. The molecule has 2 aromatic carbocycles. The predicted molar refractivity (Wildman–Crippen MR) is 79.5 cm³/mol. The molecule has 0 atom stereocenters. The normalized spacial score (nSPS) is 10.4. The van der Waals surface area contributed by atoms with Crippen molar-refractivity contribution in [1.82, 2.24) is 4.90 Å². The van der Waals surface area contributed by atoms with Crippen LogP contribution < -0.4 is 4.74 Å². The van der Waals surface area contributed by atoms with Gasteiger partial charge in [-0.25, -0.2) is 8.78 Å². The molecule has 1 amide bonds. The summed E-state index contributed by atoms with van der Waals surface area (Å²) in [5.41, 5.74) is 1.10. The third kappa shape index (κ3) is 4.04. The van der Waals surface area contributed by atoms with Gasteiger partial charge in [-0.2, -0.15) is 0 Å². The highest BCUT2D eigenvalue weighted by Crippen LogP contribution is 2.15. The minimum absolute atomic E-state index is 0.0922. The van der Waals surface area contributed by atoms with E-state index in [1.165, 1.54) is 17.0 Å². The maximum atomic E-state index is 13.6. The van der Waals surface area contributed by atoms with Crippen LogP contribution in [0.4, 0.5) is 8.78 Å². The highest BCUT2D eigenvalue weighted by molar-refractivity contribution is 5.78. The van der Waals surface area contributed by atoms with Gasteiger partial charge in [0.15, 0.2) is 0 Å². The van der Waals surface area contributed by atoms with Crippen molar-refractivity contribution in [3.05, 3.63) is 65.2 Å². The summed E-state index contributed by atoms with van der Waals surface area (Å²) in [7, 11) is 3.15. The molecule has 5 heteroatoms. The van der Waals surface area contributed by atoms with Crippen molar-refractivity contribution in [2.24, 2.45) is 0 Å². The van der Waals surface area contributed by atoms with Crippen LogP contribution in [0.2, 0.25) is 0 Å². The van der Waals surface area contributed by atoms with Crippen LogP contribution in [0.5, 0.6) is 5.75 Å². The molecule has 0 aromatic heterocycles. The Morgan fingerprint density at radius 2 is 1.95 bits per heavy atom. The summed E-state index contributed by atoms with van der Waals surface area (Å²) in [4.78, 5) is 13.6. The van der Waals surface area contributed by atoms with Crippen LogP contribution in [-0.4, -0.2) is 25.0 Å². The molecule has 0 bridgehead atoms. The number of hydrogen-bond acceptors (Lipinski definition) is 2. The first kappa shape index (κ1) is 15.9. The number of ether oxygens (including phenoxy) is 1. The van der Waals surface area contributed by atoms with Gasteiger partial charge in [-0.3, -0.25) is 4.79 Å². The molecule has 116 valence electrons. The van der Waals surface area contributed by atoms with Crippen molar-refractivity contribution < 1.29 is 18.3 Å². The Balaban J connectivity index is 2.02. The molecule has 3 nitrogen and oxygen atoms in total. The molecule has 0 spiro atoms. The number of carbonyl (C=O) groups is 1. The number of benzene rings is 2. The van der Waals surface area contributed by atoms with E-state index in [0.717, 1.165) is 11.6 Å². The van der Waals surface area contributed by atoms with E-state index in [2.05, 4.69) is 0 Å². The van der Waals surface area contributed by atoms with Crippen LogP contribution in [0, 0.1) is 11.6 Å². The average molecular weight is 305 g/mol. The number of carbonyl (C=O) groups excluding carboxylic acids is 1. The number of nitrogens with zero attached hydrogens (tertiary/aromatic N) is 1. The van der Waals surface area contributed by atoms with Crippen LogP contribution in [0.3, 0.4) is 0 Å². The zero-order valence-electron chi connectivity index (χ0n) is 12.5. The predicted octanol–water partition coefficient (Wildman–Crippen LogP) is 3.17. The molecule has 0 N–H and O–H groups in total. The van der Waals surface area contributed by atoms with Crippen molar-refractivity contribution in [2.75, 3.05) is 14.2 Å². The largest absolute Gasteiger partial charge is 0.497 e. The van der Waals surface area contributed by atoms with Crippen LogP contribution in [0.25, 0.3) is 0 Å². The third-order valence-corrected chi connectivity index (χ3v) is 3.34. The van der Waals surface area contributed by atoms with Crippen molar-refractivity contribution in [2.45, 2.75) is 13.0 Å². The van der Waals surface area contributed by atoms with Gasteiger partial charge in [-0.05, 0) is 23.8 Å². The lowest BCUT2D eigenvalue weighted by Crippen LogP contribution is -2.28. The number of likely N-dealkylation sites (N-methyl/N-ethyl adjacent to an activating group) is 1. The van der Waals surface area contributed by atoms with Crippen LogP contribution >= 0.6 is 0 Å². The zero-order valence-corrected chi connectivity index (χ0v) is 12.5. The Labute approximate surface area is 128 Å². The molecule has 0 aliphatic carbocycles. The average Bonchev–Trinajstić information content (AvgIpc) is 2.50. The summed E-state index contributed by atoms with van der Waals surface area (Å²) < 4.78 is 31.6. The molecule has 2 rings (SSSR count). The van der Waals surface area contributed by atoms with Gasteiger partial charge in [0.05, 0.1) is 13.5 Å². The van der Waals surface area contributed by atoms with Crippen LogP contribution in [0.15, 0.2) is 42.5 Å². The Morgan fingerprint density at radius 3 is 2.64 bits per heavy atom. The van der Waals surface area contributed by atoms with Gasteiger partial charge in [0.25, 0.3) is 0 Å². The number of rotatable bonds is 5. The lowest BCUT2D eigenvalue weighted by atomic mass is 10.1. The molecular formula is C17H17F2NO2. The maximum Gasteiger partial charge on any atom is 0.227 e. The highest BCUT2D eigenvalue weighted by atomic mass is 19.1. The first-order valence-corrected chi connectivity index (χ1v) is 6.80. The number of methoxy groups -OCH3 is 1. The maximum absolute atomic E-state index is 13.6. The monoisotopic (exact) mass is 305 g/mol. The first-order valence-electron chi connectivity index (χ1n) is 6.80. The zero-order chi connectivity index (χ0) is 16.1. The Kier molecular flexibility index (Phi) is 5.09. The molecule has 0 aliphatic rings. The highest BCUT2D eigenvalue weighted by Gasteiger charge is 2.13. The van der Waals surface area contributed by atoms with Crippen molar-refractivity contribution in [3.8, 4) is 5.75 Å². The molecular weight excluding hydrogens is 288 g/mol. The third-order valence-electron chi connectivity index (χ3n) is 3.34. The molecule has 0 fully saturated rings. The molecule has 2 aromatic rings. The Morgan fingerprint density at radius 1 is 1.18 bits per heavy atom. The molecule has 0 heterocycles. The quantitative estimate of drug-likeness (QED) is 0.849. The van der Waals surface area contributed by atoms with E-state index < -0.39 is 11.6 Å². The second kappa shape index (κ2) is 7.02. The Bertz CT molecular complexity index is 673. The van der Waals surface area contributed by atoms with E-state index in [4.69, 9.17) is 4.74 Å². The summed E-state index contributed by atoms with van der Waals surface area (Å²) in [6.07, 6.45) is 0.191. The van der Waals surface area contributed by atoms with Gasteiger partial charge in [0.2, 0.25) is 5.91 Å². The fourth-order valence-corrected chi connectivity index (χ4v) is 2.09. The van der Waals surface area contributed by atoms with Gasteiger partial charge >= 0.3 is 0 Å². The number of amides is 1. The van der Waals surface area contributed by atoms with E-state index in [9.17, 15) is 13.6 Å². The fraction of sp³-hybridized carbons (Fsp3) is 0.235. The summed E-state index contributed by atoms with van der Waals surface area (Å²) in [5, 5.41) is 0. The minimum Gasteiger partial charge on any atom is -0.497 e. The van der Waals surface area contributed by atoms with E-state index in [1.54, 1.807) is 32.4 Å². The second-order valence-corrected chi connectivity index (χ2v) is 5.01. The van der Waals surface area contributed by atoms with Gasteiger partial charge in [0.1, 0.15) is 17.4 Å². The van der Waals surface area contributed by atoms with Gasteiger partial charge in [-0.1, -0.05) is 18.2 Å². The van der Waals surface area contributed by atoms with E-state index in [1.807, 2.05) is 6.07 Å². The molecule has 0 aliphatic heterocycles. The fourth-order valence-electron chi connectivity index (χ4n) is 2.09. The van der Waals surface area contributed by atoms with Crippen LogP contribution in [0.1, 0.15) is 11.1 Å². The van der Waals surface area contributed by atoms with Crippen LogP contribution in [-0.2, 0) is 17.8 Å². The summed E-state index contributed by atoms with van der Waals surface area (Å²) >= 11 is 0. The molecule has 22 heavy (non-hydrogen) atoms. The topological polar surface area (TPSA) is 29.5 Å². The van der Waals surface area contributed by atoms with Gasteiger partial charge in [0, 0.05) is 25.2 Å². The smallest absolute Gasteiger partial charge is 0.227 e. The summed E-state index contributed by atoms with van der Waals surface area (Å²) in [6.45, 7) is 0.0922. The van der Waals surface area contributed by atoms with E-state index in [0.29, 0.717) is 5.75 Å².